The van der Waals surface area contributed by atoms with Crippen LogP contribution >= 0.6 is 11.3 Å². The summed E-state index contributed by atoms with van der Waals surface area (Å²) in [6.45, 7) is 6.24. The monoisotopic (exact) mass is 263 g/mol. The average molecular weight is 263 g/mol. The van der Waals surface area contributed by atoms with Crippen LogP contribution in [0, 0.1) is 0 Å². The first-order valence-electron chi connectivity index (χ1n) is 6.39. The van der Waals surface area contributed by atoms with Gasteiger partial charge in [-0.2, -0.15) is 4.98 Å². The maximum Gasteiger partial charge on any atom is 0.243 e. The van der Waals surface area contributed by atoms with Gasteiger partial charge in [-0.15, -0.1) is 11.3 Å². The largest absolute Gasteiger partial charge is 0.338 e. The first-order chi connectivity index (χ1) is 8.78. The van der Waals surface area contributed by atoms with Crippen LogP contribution in [0.5, 0.6) is 0 Å². The molecule has 0 radical (unpaired) electrons. The quantitative estimate of drug-likeness (QED) is 0.854. The van der Waals surface area contributed by atoms with E-state index in [9.17, 15) is 0 Å². The van der Waals surface area contributed by atoms with Crippen molar-refractivity contribution in [2.75, 3.05) is 6.54 Å². The summed E-state index contributed by atoms with van der Waals surface area (Å²) in [5.41, 5.74) is 1.45. The topological polar surface area (TPSA) is 42.2 Å². The van der Waals surface area contributed by atoms with Gasteiger partial charge in [0.2, 0.25) is 5.89 Å². The van der Waals surface area contributed by atoms with E-state index < -0.39 is 0 Å². The van der Waals surface area contributed by atoms with Crippen molar-refractivity contribution < 1.29 is 4.52 Å². The van der Waals surface area contributed by atoms with Gasteiger partial charge in [0.1, 0.15) is 0 Å². The first kappa shape index (κ1) is 11.9. The molecule has 0 aliphatic carbocycles. The lowest BCUT2D eigenvalue weighted by atomic mass is 10.1. The molecule has 96 valence electrons. The van der Waals surface area contributed by atoms with Gasteiger partial charge in [0, 0.05) is 24.4 Å². The molecule has 18 heavy (non-hydrogen) atoms. The standard InChI is InChI=1S/C13H17N3OS/c1-3-12-14-13(17-15-12)9(2)16-6-4-11-10(8-16)5-7-18-11/h5,7,9H,3-4,6,8H2,1-2H3. The predicted molar refractivity (Wildman–Crippen MR) is 70.5 cm³/mol. The highest BCUT2D eigenvalue weighted by Crippen LogP contribution is 2.29. The fourth-order valence-corrected chi connectivity index (χ4v) is 3.23. The zero-order chi connectivity index (χ0) is 12.5. The zero-order valence-electron chi connectivity index (χ0n) is 10.7. The molecule has 0 amide bonds. The highest BCUT2D eigenvalue weighted by atomic mass is 32.1. The Morgan fingerprint density at radius 2 is 2.44 bits per heavy atom. The summed E-state index contributed by atoms with van der Waals surface area (Å²) in [5, 5.41) is 6.16. The van der Waals surface area contributed by atoms with Crippen LogP contribution in [0.1, 0.15) is 42.0 Å². The van der Waals surface area contributed by atoms with E-state index in [0.717, 1.165) is 37.6 Å². The molecule has 0 spiro atoms. The van der Waals surface area contributed by atoms with Crippen molar-refractivity contribution in [1.29, 1.82) is 0 Å². The maximum absolute atomic E-state index is 5.34. The maximum atomic E-state index is 5.34. The summed E-state index contributed by atoms with van der Waals surface area (Å²) in [7, 11) is 0. The van der Waals surface area contributed by atoms with E-state index in [1.807, 2.05) is 18.3 Å². The minimum atomic E-state index is 0.200. The number of nitrogens with zero attached hydrogens (tertiary/aromatic N) is 3. The molecule has 3 heterocycles. The molecule has 0 N–H and O–H groups in total. The summed E-state index contributed by atoms with van der Waals surface area (Å²) in [6, 6.07) is 2.43. The van der Waals surface area contributed by atoms with Crippen LogP contribution in [0.4, 0.5) is 0 Å². The summed E-state index contributed by atoms with van der Waals surface area (Å²) < 4.78 is 5.34. The fourth-order valence-electron chi connectivity index (χ4n) is 2.34. The third-order valence-electron chi connectivity index (χ3n) is 3.54. The lowest BCUT2D eigenvalue weighted by Crippen LogP contribution is -2.32. The van der Waals surface area contributed by atoms with Crippen LogP contribution in [0.3, 0.4) is 0 Å². The van der Waals surface area contributed by atoms with Crippen LogP contribution in [-0.2, 0) is 19.4 Å². The number of hydrogen-bond donors (Lipinski definition) is 0. The van der Waals surface area contributed by atoms with E-state index in [4.69, 9.17) is 4.52 Å². The molecule has 1 atom stereocenters. The fraction of sp³-hybridized carbons (Fsp3) is 0.538. The van der Waals surface area contributed by atoms with Crippen molar-refractivity contribution >= 4 is 11.3 Å². The Balaban J connectivity index is 1.76. The normalized spacial score (nSPS) is 17.7. The Morgan fingerprint density at radius 3 is 3.22 bits per heavy atom. The second-order valence-corrected chi connectivity index (χ2v) is 5.67. The number of hydrogen-bond acceptors (Lipinski definition) is 5. The molecule has 0 saturated carbocycles. The molecule has 2 aromatic heterocycles. The van der Waals surface area contributed by atoms with Crippen molar-refractivity contribution in [2.45, 2.75) is 39.3 Å². The van der Waals surface area contributed by atoms with Crippen LogP contribution in [0.15, 0.2) is 16.0 Å². The van der Waals surface area contributed by atoms with E-state index in [1.165, 1.54) is 10.4 Å². The van der Waals surface area contributed by atoms with Crippen molar-refractivity contribution in [3.05, 3.63) is 33.6 Å². The van der Waals surface area contributed by atoms with Gasteiger partial charge < -0.3 is 4.52 Å². The highest BCUT2D eigenvalue weighted by molar-refractivity contribution is 7.10. The molecule has 0 aromatic carbocycles. The molecule has 0 saturated heterocycles. The summed E-state index contributed by atoms with van der Waals surface area (Å²) in [4.78, 5) is 8.36. The van der Waals surface area contributed by atoms with Gasteiger partial charge in [0.15, 0.2) is 5.82 Å². The molecule has 1 unspecified atom stereocenters. The zero-order valence-corrected chi connectivity index (χ0v) is 11.5. The van der Waals surface area contributed by atoms with Crippen LogP contribution in [-0.4, -0.2) is 21.6 Å². The number of thiophene rings is 1. The lowest BCUT2D eigenvalue weighted by molar-refractivity contribution is 0.159. The van der Waals surface area contributed by atoms with E-state index in [2.05, 4.69) is 33.4 Å². The van der Waals surface area contributed by atoms with Gasteiger partial charge in [-0.1, -0.05) is 12.1 Å². The van der Waals surface area contributed by atoms with E-state index in [-0.39, 0.29) is 6.04 Å². The third kappa shape index (κ3) is 2.08. The Bertz CT molecular complexity index is 534. The van der Waals surface area contributed by atoms with E-state index in [0.29, 0.717) is 0 Å². The Labute approximate surface area is 111 Å². The second-order valence-electron chi connectivity index (χ2n) is 4.67. The molecular weight excluding hydrogens is 246 g/mol. The number of fused-ring (bicyclic) bond motifs is 1. The van der Waals surface area contributed by atoms with Crippen molar-refractivity contribution in [3.8, 4) is 0 Å². The Morgan fingerprint density at radius 1 is 1.56 bits per heavy atom. The van der Waals surface area contributed by atoms with Crippen LogP contribution in [0.2, 0.25) is 0 Å². The van der Waals surface area contributed by atoms with Gasteiger partial charge in [-0.3, -0.25) is 4.90 Å². The molecule has 1 aliphatic heterocycles. The molecular formula is C13H17N3OS. The molecule has 2 aromatic rings. The molecule has 0 fully saturated rings. The summed E-state index contributed by atoms with van der Waals surface area (Å²) in [5.74, 6) is 1.54. The molecule has 4 nitrogen and oxygen atoms in total. The van der Waals surface area contributed by atoms with Gasteiger partial charge in [0.25, 0.3) is 0 Å². The molecule has 5 heteroatoms. The molecule has 0 bridgehead atoms. The van der Waals surface area contributed by atoms with Gasteiger partial charge in [-0.25, -0.2) is 0 Å². The summed E-state index contributed by atoms with van der Waals surface area (Å²) in [6.07, 6.45) is 1.96. The summed E-state index contributed by atoms with van der Waals surface area (Å²) >= 11 is 1.86. The average Bonchev–Trinajstić information content (AvgIpc) is 3.05. The van der Waals surface area contributed by atoms with Crippen molar-refractivity contribution in [1.82, 2.24) is 15.0 Å². The van der Waals surface area contributed by atoms with Crippen LogP contribution in [0.25, 0.3) is 0 Å². The van der Waals surface area contributed by atoms with E-state index >= 15 is 0 Å². The van der Waals surface area contributed by atoms with Gasteiger partial charge >= 0.3 is 0 Å². The molecule has 3 rings (SSSR count). The lowest BCUT2D eigenvalue weighted by Gasteiger charge is -2.30. The SMILES string of the molecule is CCc1noc(C(C)N2CCc3sccc3C2)n1. The first-order valence-corrected chi connectivity index (χ1v) is 7.27. The van der Waals surface area contributed by atoms with Crippen molar-refractivity contribution in [3.63, 3.8) is 0 Å². The number of aromatic nitrogens is 2. The highest BCUT2D eigenvalue weighted by Gasteiger charge is 2.25. The number of rotatable bonds is 3. The minimum absolute atomic E-state index is 0.200. The third-order valence-corrected chi connectivity index (χ3v) is 4.57. The number of aryl methyl sites for hydroxylation is 1. The minimum Gasteiger partial charge on any atom is -0.338 e. The molecule has 1 aliphatic rings. The predicted octanol–water partition coefficient (Wildman–Crippen LogP) is 2.81. The Kier molecular flexibility index (Phi) is 3.18. The van der Waals surface area contributed by atoms with Crippen molar-refractivity contribution in [2.24, 2.45) is 0 Å². The smallest absolute Gasteiger partial charge is 0.243 e. The van der Waals surface area contributed by atoms with Crippen LogP contribution < -0.4 is 0 Å². The Hall–Kier alpha value is -1.20. The second kappa shape index (κ2) is 4.82. The van der Waals surface area contributed by atoms with Gasteiger partial charge in [0.05, 0.1) is 6.04 Å². The van der Waals surface area contributed by atoms with E-state index in [1.54, 1.807) is 0 Å². The van der Waals surface area contributed by atoms with Gasteiger partial charge in [-0.05, 0) is 30.4 Å².